The van der Waals surface area contributed by atoms with E-state index in [-0.39, 0.29) is 28.4 Å². The molecule has 0 amide bonds. The van der Waals surface area contributed by atoms with E-state index in [0.29, 0.717) is 0 Å². The molecule has 0 fully saturated rings. The highest BCUT2D eigenvalue weighted by Gasteiger charge is 2.18. The van der Waals surface area contributed by atoms with E-state index in [1.807, 2.05) is 0 Å². The number of halogens is 2. The van der Waals surface area contributed by atoms with Crippen LogP contribution in [-0.4, -0.2) is 17.9 Å². The average Bonchev–Trinajstić information content (AvgIpc) is 2.46. The Hall–Kier alpha value is -2.30. The van der Waals surface area contributed by atoms with E-state index in [0.717, 1.165) is 0 Å². The van der Waals surface area contributed by atoms with Crippen molar-refractivity contribution in [1.29, 1.82) is 0 Å². The van der Waals surface area contributed by atoms with E-state index in [1.54, 1.807) is 18.2 Å². The van der Waals surface area contributed by atoms with E-state index in [9.17, 15) is 13.6 Å². The first-order chi connectivity index (χ1) is 9.13. The lowest BCUT2D eigenvalue weighted by molar-refractivity contribution is 0.103. The van der Waals surface area contributed by atoms with Crippen LogP contribution >= 0.6 is 0 Å². The number of nitrogens with zero attached hydrogens (tertiary/aromatic N) is 1. The Bertz CT molecular complexity index is 585. The highest BCUT2D eigenvalue weighted by atomic mass is 19.3. The number of hydrogen-bond donors (Lipinski definition) is 0. The van der Waals surface area contributed by atoms with Gasteiger partial charge in [0, 0.05) is 11.8 Å². The zero-order chi connectivity index (χ0) is 13.8. The predicted molar refractivity (Wildman–Crippen MR) is 65.6 cm³/mol. The molecular weight excluding hydrogens is 252 g/mol. The SMILES string of the molecule is COc1cc(C(F)F)ccc1C(=O)c1ccccn1. The molecular formula is C14H11F2NO2. The maximum Gasteiger partial charge on any atom is 0.263 e. The second-order valence-electron chi connectivity index (χ2n) is 3.80. The number of pyridine rings is 1. The van der Waals surface area contributed by atoms with E-state index in [1.165, 1.54) is 31.5 Å². The third kappa shape index (κ3) is 2.76. The van der Waals surface area contributed by atoms with Crippen molar-refractivity contribution in [2.24, 2.45) is 0 Å². The van der Waals surface area contributed by atoms with Crippen molar-refractivity contribution in [3.63, 3.8) is 0 Å². The number of hydrogen-bond acceptors (Lipinski definition) is 3. The summed E-state index contributed by atoms with van der Waals surface area (Å²) < 4.78 is 30.2. The fourth-order valence-corrected chi connectivity index (χ4v) is 1.67. The number of alkyl halides is 2. The molecule has 0 bridgehead atoms. The van der Waals surface area contributed by atoms with Crippen LogP contribution in [-0.2, 0) is 0 Å². The smallest absolute Gasteiger partial charge is 0.263 e. The minimum Gasteiger partial charge on any atom is -0.496 e. The first kappa shape index (κ1) is 13.1. The van der Waals surface area contributed by atoms with Crippen LogP contribution in [0.25, 0.3) is 0 Å². The number of methoxy groups -OCH3 is 1. The maximum absolute atomic E-state index is 12.6. The largest absolute Gasteiger partial charge is 0.496 e. The van der Waals surface area contributed by atoms with Crippen LogP contribution < -0.4 is 4.74 Å². The summed E-state index contributed by atoms with van der Waals surface area (Å²) in [6, 6.07) is 8.64. The molecule has 0 radical (unpaired) electrons. The van der Waals surface area contributed by atoms with E-state index < -0.39 is 6.43 Å². The molecule has 1 aromatic carbocycles. The average molecular weight is 263 g/mol. The van der Waals surface area contributed by atoms with Crippen LogP contribution in [0.1, 0.15) is 28.0 Å². The van der Waals surface area contributed by atoms with Gasteiger partial charge in [-0.15, -0.1) is 0 Å². The molecule has 0 saturated carbocycles. The molecule has 2 aromatic rings. The standard InChI is InChI=1S/C14H11F2NO2/c1-19-12-8-9(14(15)16)5-6-10(12)13(18)11-4-2-3-7-17-11/h2-8,14H,1H3. The molecule has 2 rings (SSSR count). The fraction of sp³-hybridized carbons (Fsp3) is 0.143. The minimum atomic E-state index is -2.60. The topological polar surface area (TPSA) is 39.2 Å². The molecule has 1 aromatic heterocycles. The number of rotatable bonds is 4. The summed E-state index contributed by atoms with van der Waals surface area (Å²) >= 11 is 0. The molecule has 98 valence electrons. The van der Waals surface area contributed by atoms with E-state index >= 15 is 0 Å². The second kappa shape index (κ2) is 5.56. The number of carbonyl (C=O) groups is 1. The fourth-order valence-electron chi connectivity index (χ4n) is 1.67. The van der Waals surface area contributed by atoms with Crippen LogP contribution in [0.15, 0.2) is 42.6 Å². The lowest BCUT2D eigenvalue weighted by Gasteiger charge is -2.09. The van der Waals surface area contributed by atoms with E-state index in [2.05, 4.69) is 4.98 Å². The van der Waals surface area contributed by atoms with Crippen LogP contribution in [0.5, 0.6) is 5.75 Å². The number of ketones is 1. The van der Waals surface area contributed by atoms with Gasteiger partial charge in [-0.25, -0.2) is 8.78 Å². The Kier molecular flexibility index (Phi) is 3.85. The Labute approximate surface area is 108 Å². The van der Waals surface area contributed by atoms with Gasteiger partial charge in [-0.05, 0) is 24.3 Å². The van der Waals surface area contributed by atoms with Gasteiger partial charge in [0.2, 0.25) is 5.78 Å². The quantitative estimate of drug-likeness (QED) is 0.795. The van der Waals surface area contributed by atoms with Crippen molar-refractivity contribution in [2.45, 2.75) is 6.43 Å². The highest BCUT2D eigenvalue weighted by Crippen LogP contribution is 2.27. The molecule has 0 aliphatic heterocycles. The van der Waals surface area contributed by atoms with Crippen molar-refractivity contribution in [2.75, 3.05) is 7.11 Å². The monoisotopic (exact) mass is 263 g/mol. The lowest BCUT2D eigenvalue weighted by Crippen LogP contribution is -2.06. The van der Waals surface area contributed by atoms with Gasteiger partial charge in [-0.2, -0.15) is 0 Å². The van der Waals surface area contributed by atoms with Gasteiger partial charge in [-0.1, -0.05) is 12.1 Å². The van der Waals surface area contributed by atoms with Gasteiger partial charge in [0.25, 0.3) is 6.43 Å². The summed E-state index contributed by atoms with van der Waals surface area (Å²) in [7, 11) is 1.33. The predicted octanol–water partition coefficient (Wildman–Crippen LogP) is 3.26. The van der Waals surface area contributed by atoms with Gasteiger partial charge in [0.15, 0.2) is 0 Å². The van der Waals surface area contributed by atoms with Crippen molar-refractivity contribution < 1.29 is 18.3 Å². The molecule has 0 saturated heterocycles. The minimum absolute atomic E-state index is 0.119. The first-order valence-electron chi connectivity index (χ1n) is 5.55. The first-order valence-corrected chi connectivity index (χ1v) is 5.55. The van der Waals surface area contributed by atoms with Crippen LogP contribution in [0.2, 0.25) is 0 Å². The Morgan fingerprint density at radius 2 is 2.05 bits per heavy atom. The normalized spacial score (nSPS) is 10.5. The summed E-state index contributed by atoms with van der Waals surface area (Å²) in [5.74, 6) is -0.244. The van der Waals surface area contributed by atoms with Gasteiger partial charge >= 0.3 is 0 Å². The van der Waals surface area contributed by atoms with Crippen LogP contribution in [0.4, 0.5) is 8.78 Å². The molecule has 1 heterocycles. The Morgan fingerprint density at radius 1 is 1.26 bits per heavy atom. The van der Waals surface area contributed by atoms with Crippen molar-refractivity contribution in [3.05, 3.63) is 59.4 Å². The van der Waals surface area contributed by atoms with Gasteiger partial charge in [0.1, 0.15) is 11.4 Å². The van der Waals surface area contributed by atoms with Crippen molar-refractivity contribution in [1.82, 2.24) is 4.98 Å². The third-order valence-electron chi connectivity index (χ3n) is 2.62. The molecule has 0 N–H and O–H groups in total. The number of aromatic nitrogens is 1. The van der Waals surface area contributed by atoms with Crippen molar-refractivity contribution >= 4 is 5.78 Å². The van der Waals surface area contributed by atoms with Gasteiger partial charge in [-0.3, -0.25) is 9.78 Å². The summed E-state index contributed by atoms with van der Waals surface area (Å²) in [4.78, 5) is 16.1. The second-order valence-corrected chi connectivity index (χ2v) is 3.80. The molecule has 0 aliphatic carbocycles. The van der Waals surface area contributed by atoms with Crippen LogP contribution in [0, 0.1) is 0 Å². The zero-order valence-corrected chi connectivity index (χ0v) is 10.1. The molecule has 0 aliphatic rings. The molecule has 5 heteroatoms. The summed E-state index contributed by atoms with van der Waals surface area (Å²) in [5, 5.41) is 0. The highest BCUT2D eigenvalue weighted by molar-refractivity contribution is 6.09. The number of ether oxygens (including phenoxy) is 1. The van der Waals surface area contributed by atoms with Crippen molar-refractivity contribution in [3.8, 4) is 5.75 Å². The molecule has 19 heavy (non-hydrogen) atoms. The Morgan fingerprint density at radius 3 is 2.63 bits per heavy atom. The summed E-state index contributed by atoms with van der Waals surface area (Å²) in [6.45, 7) is 0. The summed E-state index contributed by atoms with van der Waals surface area (Å²) in [6.07, 6.45) is -1.11. The van der Waals surface area contributed by atoms with Gasteiger partial charge in [0.05, 0.1) is 12.7 Å². The van der Waals surface area contributed by atoms with Crippen LogP contribution in [0.3, 0.4) is 0 Å². The molecule has 3 nitrogen and oxygen atoms in total. The molecule has 0 unspecified atom stereocenters. The third-order valence-corrected chi connectivity index (χ3v) is 2.62. The number of benzene rings is 1. The number of carbonyl (C=O) groups excluding carboxylic acids is 1. The summed E-state index contributed by atoms with van der Waals surface area (Å²) in [5.41, 5.74) is 0.269. The molecule has 0 spiro atoms. The molecule has 0 atom stereocenters. The van der Waals surface area contributed by atoms with Gasteiger partial charge < -0.3 is 4.74 Å². The van der Waals surface area contributed by atoms with E-state index in [4.69, 9.17) is 4.74 Å². The zero-order valence-electron chi connectivity index (χ0n) is 10.1. The maximum atomic E-state index is 12.6. The lowest BCUT2D eigenvalue weighted by atomic mass is 10.0. The Balaban J connectivity index is 2.42.